The molecule has 605 valence electrons. The van der Waals surface area contributed by atoms with E-state index in [0.717, 1.165) is 69.0 Å². The van der Waals surface area contributed by atoms with E-state index in [9.17, 15) is 110 Å². The second-order valence-electron chi connectivity index (χ2n) is 21.0. The van der Waals surface area contributed by atoms with Crippen molar-refractivity contribution in [2.75, 3.05) is 71.1 Å². The molecule has 8 fully saturated rings. The van der Waals surface area contributed by atoms with Crippen LogP contribution in [0, 0.1) is 112 Å². The fourth-order valence-electron chi connectivity index (χ4n) is 11.3. The van der Waals surface area contributed by atoms with Crippen LogP contribution in [0.25, 0.3) is 0 Å². The van der Waals surface area contributed by atoms with Crippen LogP contribution < -0.4 is 0 Å². The highest BCUT2D eigenvalue weighted by molar-refractivity contribution is 6.10. The number of hydrogen-bond acceptors (Lipinski definition) is 38. The zero-order valence-corrected chi connectivity index (χ0v) is 57.2. The maximum Gasteiger partial charge on any atom is 0.373 e. The van der Waals surface area contributed by atoms with Gasteiger partial charge in [-0.1, -0.05) is 22.3 Å². The molecule has 8 aliphatic rings. The molecule has 0 amide bonds. The van der Waals surface area contributed by atoms with E-state index in [-0.39, 0.29) is 62.9 Å². The van der Waals surface area contributed by atoms with Crippen LogP contribution in [0.1, 0.15) is 45.4 Å². The van der Waals surface area contributed by atoms with Crippen LogP contribution in [0.4, 0.5) is 0 Å². The predicted molar refractivity (Wildman–Crippen MR) is 345 cm³/mol. The lowest BCUT2D eigenvalue weighted by Gasteiger charge is -2.51. The number of carbonyl (C=O) groups excluding carboxylic acids is 18. The summed E-state index contributed by atoms with van der Waals surface area (Å²) < 4.78 is 57.6. The maximum absolute atomic E-state index is 11.7. The second-order valence-corrected chi connectivity index (χ2v) is 21.0. The van der Waals surface area contributed by atoms with Crippen LogP contribution in [-0.4, -0.2) is 276 Å². The van der Waals surface area contributed by atoms with Crippen molar-refractivity contribution in [3.8, 4) is 0 Å². The fourth-order valence-corrected chi connectivity index (χ4v) is 11.3. The van der Waals surface area contributed by atoms with E-state index in [4.69, 9.17) is 45.3 Å². The van der Waals surface area contributed by atoms with E-state index in [0.29, 0.717) is 0 Å². The van der Waals surface area contributed by atoms with Crippen molar-refractivity contribution in [2.24, 2.45) is 112 Å². The number of carboxylic acids is 7. The maximum atomic E-state index is 11.7. The highest BCUT2D eigenvalue weighted by Crippen LogP contribution is 2.55. The van der Waals surface area contributed by atoms with Crippen molar-refractivity contribution in [1.82, 2.24) is 0 Å². The summed E-state index contributed by atoms with van der Waals surface area (Å²) in [4.78, 5) is 269. The lowest BCUT2D eigenvalue weighted by atomic mass is 9.53. The number of carboxylic acid groups (broad SMARTS) is 7. The Bertz CT molecular complexity index is 2990. The molecular weight excluding hydrogens is 1490 g/mol. The smallest absolute Gasteiger partial charge is 0.373 e. The van der Waals surface area contributed by atoms with Gasteiger partial charge in [-0.25, -0.2) is 9.59 Å². The van der Waals surface area contributed by atoms with Crippen LogP contribution in [0.3, 0.4) is 0 Å². The molecule has 3 saturated heterocycles. The lowest BCUT2D eigenvalue weighted by molar-refractivity contribution is -0.227. The van der Waals surface area contributed by atoms with Gasteiger partial charge in [-0.15, -0.1) is 0 Å². The number of esters is 16. The summed E-state index contributed by atoms with van der Waals surface area (Å²) in [6.07, 6.45) is 2.14. The molecule has 45 nitrogen and oxygen atoms in total. The Morgan fingerprint density at radius 2 is 0.468 bits per heavy atom. The third kappa shape index (κ3) is 26.9. The number of ether oxygens (including phenoxy) is 13. The zero-order valence-electron chi connectivity index (χ0n) is 57.2. The molecule has 4 bridgehead atoms. The third-order valence-corrected chi connectivity index (χ3v) is 15.9. The van der Waals surface area contributed by atoms with Crippen molar-refractivity contribution in [1.29, 1.82) is 0 Å². The summed E-state index contributed by atoms with van der Waals surface area (Å²) in [5, 5.41) is 60.1. The minimum absolute atomic E-state index is 0. The van der Waals surface area contributed by atoms with Crippen LogP contribution in [0.15, 0.2) is 12.2 Å². The van der Waals surface area contributed by atoms with Gasteiger partial charge in [0.25, 0.3) is 0 Å². The number of carbonyl (C=O) groups is 23. The van der Waals surface area contributed by atoms with Crippen LogP contribution in [0.5, 0.6) is 0 Å². The van der Waals surface area contributed by atoms with Gasteiger partial charge in [0.2, 0.25) is 0 Å². The monoisotopic (exact) mass is 1570 g/mol. The SMILES string of the molecule is C.C.C.CC(=O)OC(C)=O.COC(=O)/C=C/C(=O)OC.COC(=O)C1C(C(=O)OC)C(C(=O)OC)C1C(=O)OC.COC(=O)C1C(C(=O)OC)C(C(=O)OC)C1C(=O)OC.O=C(O)C1C(C(=O)O)C(C(=O)O)C1C(=O)O.O=C(O)C1CC(C(=O)O)C1C(=O)O.O=C1OC(=O)C2C3C(=O)OC(=O)C2C13.O=C=O.[2HH].[2HH].[B].[B].[B]. The van der Waals surface area contributed by atoms with Crippen LogP contribution >= 0.6 is 0 Å². The summed E-state index contributed by atoms with van der Waals surface area (Å²) in [5.41, 5.74) is 0. The van der Waals surface area contributed by atoms with Crippen molar-refractivity contribution < 1.29 is 220 Å². The Balaban J connectivity index is -0.000000156. The van der Waals surface area contributed by atoms with Gasteiger partial charge in [-0.3, -0.25) is 101 Å². The number of cyclic esters (lactones) is 2. The number of rotatable bonds is 17. The molecular formula is C61H82B3O45. The summed E-state index contributed by atoms with van der Waals surface area (Å²) in [5.74, 6) is -44.3. The molecule has 5 aliphatic carbocycles. The quantitative estimate of drug-likeness (QED) is 0.0239. The van der Waals surface area contributed by atoms with Gasteiger partial charge in [0, 0.05) is 54.1 Å². The van der Waals surface area contributed by atoms with E-state index in [1.54, 1.807) is 0 Å². The molecule has 5 saturated carbocycles. The molecule has 0 aromatic rings. The van der Waals surface area contributed by atoms with Gasteiger partial charge >= 0.3 is 143 Å². The molecule has 0 aromatic carbocycles. The first-order valence-electron chi connectivity index (χ1n) is 28.2. The van der Waals surface area contributed by atoms with Crippen LogP contribution in [-0.2, 0) is 181 Å². The second kappa shape index (κ2) is 50.3. The molecule has 48 heteroatoms. The zero-order chi connectivity index (χ0) is 80.3. The van der Waals surface area contributed by atoms with Gasteiger partial charge < -0.3 is 97.3 Å². The first-order valence-corrected chi connectivity index (χ1v) is 28.2. The lowest BCUT2D eigenvalue weighted by Crippen LogP contribution is -2.69. The summed E-state index contributed by atoms with van der Waals surface area (Å²) >= 11 is 0. The minimum atomic E-state index is -1.70. The highest BCUT2D eigenvalue weighted by Gasteiger charge is 2.73. The number of aliphatic carboxylic acids is 7. The van der Waals surface area contributed by atoms with Gasteiger partial charge in [0.15, 0.2) is 0 Å². The fraction of sp³-hybridized carbons (Fsp3) is 0.574. The normalized spacial score (nSPS) is 25.9. The topological polar surface area (TPSA) is 688 Å². The Kier molecular flexibility index (Phi) is 50.8. The Morgan fingerprint density at radius 3 is 0.569 bits per heavy atom. The van der Waals surface area contributed by atoms with Crippen molar-refractivity contribution >= 4 is 169 Å². The Hall–Kier alpha value is -12.3. The molecule has 3 aliphatic heterocycles. The molecule has 0 spiro atoms. The minimum Gasteiger partial charge on any atom is -0.481 e. The van der Waals surface area contributed by atoms with E-state index < -0.39 is 250 Å². The summed E-state index contributed by atoms with van der Waals surface area (Å²) in [6.45, 7) is 2.36. The van der Waals surface area contributed by atoms with E-state index >= 15 is 0 Å². The average Bonchev–Trinajstić information content (AvgIpc) is 0.697. The summed E-state index contributed by atoms with van der Waals surface area (Å²) in [6, 6.07) is 0. The first-order chi connectivity index (χ1) is 48.0. The van der Waals surface area contributed by atoms with Crippen molar-refractivity contribution in [2.45, 2.75) is 42.5 Å². The van der Waals surface area contributed by atoms with Gasteiger partial charge in [0.1, 0.15) is 0 Å². The van der Waals surface area contributed by atoms with Crippen molar-refractivity contribution in [3.05, 3.63) is 12.2 Å². The molecule has 7 N–H and O–H groups in total. The highest BCUT2D eigenvalue weighted by atomic mass is 16.6. The average molecular weight is 1570 g/mol. The van der Waals surface area contributed by atoms with E-state index in [1.165, 1.54) is 28.1 Å². The Labute approximate surface area is 625 Å². The van der Waals surface area contributed by atoms with Crippen LogP contribution in [0.2, 0.25) is 0 Å². The van der Waals surface area contributed by atoms with Gasteiger partial charge in [-0.05, 0) is 6.42 Å². The standard InChI is InChI=1S/2C12H16O8.C8H8O8.C8H4O6.C7H8O6.C6H8O4.C4H6O3.CO2.3CH4.3B.2H2/c2*1-17-9(13)5-6(10(14)18-2)8(12(16)20-4)7(5)11(15)19-3;9-5(10)1-2(6(11)12)4(8(15)16)3(1)7(13)14;9-5-1-2-4(8(12)13-5)3(1)7(11)14-6(2)10;8-5(9)2-1-3(6(10)11)4(2)7(12)13;1-9-5(7)3-4-6(8)10-2;1-3(5)7-4(2)6;2-1-3;;;;;;;;/h2*5-8H,1-4H3;1-4H,(H,9,10)(H,11,12)(H,13,14)(H,15,16);1-4H;2-4H,1H2,(H,8,9)(H,10,11)(H,12,13);3-4H,1-2H3;1-2H3;;3*1H4;;;;2*1H/b;;;;;4-3+;;;;;;;;;;/i;;;;;;;;;;;;;;2*1+1. The van der Waals surface area contributed by atoms with E-state index in [2.05, 4.69) is 61.6 Å². The number of fused-ring (bicyclic) bond motifs is 2. The van der Waals surface area contributed by atoms with Gasteiger partial charge in [-0.2, -0.15) is 9.59 Å². The molecule has 3 heterocycles. The largest absolute Gasteiger partial charge is 0.481 e. The predicted octanol–water partition coefficient (Wildman–Crippen LogP) is -4.10. The number of hydrogen-bond donors (Lipinski definition) is 7. The van der Waals surface area contributed by atoms with Crippen molar-refractivity contribution in [3.63, 3.8) is 0 Å². The summed E-state index contributed by atoms with van der Waals surface area (Å²) in [7, 11) is 11.4. The van der Waals surface area contributed by atoms with E-state index in [1.807, 2.05) is 0 Å². The first kappa shape index (κ1) is 110. The number of methoxy groups -OCH3 is 10. The molecule has 8 rings (SSSR count). The molecule has 2 atom stereocenters. The third-order valence-electron chi connectivity index (χ3n) is 15.9. The molecule has 2 unspecified atom stereocenters. The molecule has 109 heavy (non-hydrogen) atoms. The molecule has 0 aromatic heterocycles. The van der Waals surface area contributed by atoms with Gasteiger partial charge in [0.05, 0.1) is 184 Å². The molecule has 9 radical (unpaired) electrons. The Morgan fingerprint density at radius 1 is 0.312 bits per heavy atom.